The number of hydrogen-bond acceptors (Lipinski definition) is 4. The molecule has 0 spiro atoms. The molecule has 7 heteroatoms. The van der Waals surface area contributed by atoms with Crippen LogP contribution in [0, 0.1) is 11.3 Å². The number of hydrogen-bond donors (Lipinski definition) is 2. The number of aryl methyl sites for hydroxylation is 1. The smallest absolute Gasteiger partial charge is 0.261 e. The van der Waals surface area contributed by atoms with Gasteiger partial charge >= 0.3 is 0 Å². The van der Waals surface area contributed by atoms with Crippen LogP contribution in [0.4, 0.5) is 5.69 Å². The number of rotatable bonds is 5. The third-order valence-electron chi connectivity index (χ3n) is 5.60. The van der Waals surface area contributed by atoms with Crippen LogP contribution in [0.15, 0.2) is 30.3 Å². The highest BCUT2D eigenvalue weighted by atomic mass is 32.2. The van der Waals surface area contributed by atoms with E-state index in [1.807, 2.05) is 25.1 Å². The van der Waals surface area contributed by atoms with Crippen molar-refractivity contribution in [3.05, 3.63) is 51.2 Å². The minimum atomic E-state index is -3.39. The molecule has 0 radical (unpaired) electrons. The molecule has 2 atom stereocenters. The zero-order chi connectivity index (χ0) is 21.4. The molecule has 3 rings (SSSR count). The van der Waals surface area contributed by atoms with Crippen LogP contribution in [0.1, 0.15) is 65.8 Å². The number of carbonyl (C=O) groups is 1. The van der Waals surface area contributed by atoms with E-state index in [1.165, 1.54) is 16.9 Å². The first-order valence-corrected chi connectivity index (χ1v) is 12.6. The Bertz CT molecular complexity index is 1000. The summed E-state index contributed by atoms with van der Waals surface area (Å²) in [5.41, 5.74) is 2.80. The van der Waals surface area contributed by atoms with Crippen LogP contribution in [0.3, 0.4) is 0 Å². The summed E-state index contributed by atoms with van der Waals surface area (Å²) in [7, 11) is -3.39. The lowest BCUT2D eigenvalue weighted by atomic mass is 9.72. The summed E-state index contributed by atoms with van der Waals surface area (Å²) in [4.78, 5) is 14.9. The van der Waals surface area contributed by atoms with E-state index in [-0.39, 0.29) is 17.4 Å². The monoisotopic (exact) mass is 434 g/mol. The van der Waals surface area contributed by atoms with Crippen molar-refractivity contribution in [1.82, 2.24) is 5.32 Å². The molecular formula is C22H30N2O3S2. The van der Waals surface area contributed by atoms with Crippen molar-refractivity contribution in [2.45, 2.75) is 53.0 Å². The lowest BCUT2D eigenvalue weighted by molar-refractivity contribution is 0.0944. The third kappa shape index (κ3) is 5.39. The Kier molecular flexibility index (Phi) is 6.11. The second kappa shape index (κ2) is 8.11. The van der Waals surface area contributed by atoms with Gasteiger partial charge in [0.25, 0.3) is 5.91 Å². The van der Waals surface area contributed by atoms with Crippen LogP contribution in [-0.4, -0.2) is 20.6 Å². The first-order chi connectivity index (χ1) is 13.4. The Morgan fingerprint density at radius 2 is 1.93 bits per heavy atom. The molecule has 2 N–H and O–H groups in total. The van der Waals surface area contributed by atoms with Gasteiger partial charge in [0.05, 0.1) is 22.9 Å². The molecule has 0 fully saturated rings. The molecule has 1 aromatic carbocycles. The summed E-state index contributed by atoms with van der Waals surface area (Å²) < 4.78 is 25.8. The van der Waals surface area contributed by atoms with Crippen LogP contribution < -0.4 is 10.0 Å². The lowest BCUT2D eigenvalue weighted by Crippen LogP contribution is -2.27. The summed E-state index contributed by atoms with van der Waals surface area (Å²) in [6.45, 7) is 8.72. The van der Waals surface area contributed by atoms with Gasteiger partial charge in [-0.2, -0.15) is 0 Å². The van der Waals surface area contributed by atoms with Gasteiger partial charge in [-0.25, -0.2) is 8.42 Å². The first-order valence-electron chi connectivity index (χ1n) is 9.93. The van der Waals surface area contributed by atoms with E-state index in [9.17, 15) is 13.2 Å². The number of anilines is 1. The second-order valence-electron chi connectivity index (χ2n) is 9.02. The van der Waals surface area contributed by atoms with E-state index in [4.69, 9.17) is 0 Å². The van der Waals surface area contributed by atoms with Crippen molar-refractivity contribution >= 4 is 33.0 Å². The van der Waals surface area contributed by atoms with E-state index in [2.05, 4.69) is 30.8 Å². The van der Waals surface area contributed by atoms with Crippen molar-refractivity contribution < 1.29 is 13.2 Å². The van der Waals surface area contributed by atoms with Crippen LogP contribution in [-0.2, 0) is 22.9 Å². The highest BCUT2D eigenvalue weighted by Gasteiger charge is 2.30. The standard InChI is InChI=1S/C22H30N2O3S2/c1-14(17-8-6-7-9-18(17)24-29(5,26)27)23-21(25)20-13-15-12-16(22(2,3)4)10-11-19(15)28-20/h6-9,13-14,16,24H,10-12H2,1-5H3,(H,23,25). The average Bonchev–Trinajstić information content (AvgIpc) is 3.03. The molecule has 1 aliphatic carbocycles. The van der Waals surface area contributed by atoms with Gasteiger partial charge in [-0.15, -0.1) is 11.3 Å². The molecule has 2 aromatic rings. The quantitative estimate of drug-likeness (QED) is 0.712. The van der Waals surface area contributed by atoms with Gasteiger partial charge in [0.1, 0.15) is 0 Å². The molecule has 0 aliphatic heterocycles. The van der Waals surface area contributed by atoms with Crippen molar-refractivity contribution in [3.8, 4) is 0 Å². The molecule has 158 valence electrons. The van der Waals surface area contributed by atoms with Crippen molar-refractivity contribution in [3.63, 3.8) is 0 Å². The summed E-state index contributed by atoms with van der Waals surface area (Å²) in [6, 6.07) is 8.85. The minimum Gasteiger partial charge on any atom is -0.345 e. The second-order valence-corrected chi connectivity index (χ2v) is 11.9. The van der Waals surface area contributed by atoms with Crippen LogP contribution >= 0.6 is 11.3 Å². The maximum atomic E-state index is 12.9. The Morgan fingerprint density at radius 1 is 1.24 bits per heavy atom. The predicted molar refractivity (Wildman–Crippen MR) is 120 cm³/mol. The molecule has 0 saturated carbocycles. The Morgan fingerprint density at radius 3 is 2.59 bits per heavy atom. The molecule has 2 unspecified atom stereocenters. The summed E-state index contributed by atoms with van der Waals surface area (Å²) in [5.74, 6) is 0.520. The van der Waals surface area contributed by atoms with Crippen LogP contribution in [0.2, 0.25) is 0 Å². The molecule has 29 heavy (non-hydrogen) atoms. The van der Waals surface area contributed by atoms with E-state index in [0.717, 1.165) is 29.5 Å². The molecule has 1 heterocycles. The summed E-state index contributed by atoms with van der Waals surface area (Å²) >= 11 is 1.58. The molecule has 5 nitrogen and oxygen atoms in total. The maximum absolute atomic E-state index is 12.9. The molecule has 1 aliphatic rings. The SMILES string of the molecule is CC(NC(=O)c1cc2c(s1)CCC(C(C)(C)C)C2)c1ccccc1NS(C)(=O)=O. The van der Waals surface area contributed by atoms with Crippen LogP contribution in [0.5, 0.6) is 0 Å². The van der Waals surface area contributed by atoms with Gasteiger partial charge in [0.15, 0.2) is 0 Å². The first kappa shape index (κ1) is 21.8. The van der Waals surface area contributed by atoms with Gasteiger partial charge in [0, 0.05) is 4.88 Å². The zero-order valence-corrected chi connectivity index (χ0v) is 19.3. The highest BCUT2D eigenvalue weighted by molar-refractivity contribution is 7.92. The van der Waals surface area contributed by atoms with E-state index >= 15 is 0 Å². The molecule has 1 amide bonds. The Balaban J connectivity index is 1.75. The lowest BCUT2D eigenvalue weighted by Gasteiger charge is -2.33. The number of amides is 1. The number of fused-ring (bicyclic) bond motifs is 1. The Labute approximate surface area is 178 Å². The van der Waals surface area contributed by atoms with E-state index in [1.54, 1.807) is 23.5 Å². The largest absolute Gasteiger partial charge is 0.345 e. The fourth-order valence-corrected chi connectivity index (χ4v) is 5.58. The number of benzene rings is 1. The fourth-order valence-electron chi connectivity index (χ4n) is 3.89. The van der Waals surface area contributed by atoms with Crippen LogP contribution in [0.25, 0.3) is 0 Å². The highest BCUT2D eigenvalue weighted by Crippen LogP contribution is 2.40. The number of para-hydroxylation sites is 1. The summed E-state index contributed by atoms with van der Waals surface area (Å²) in [5, 5.41) is 3.03. The van der Waals surface area contributed by atoms with Crippen molar-refractivity contribution in [2.75, 3.05) is 11.0 Å². The van der Waals surface area contributed by atoms with E-state index in [0.29, 0.717) is 11.6 Å². The van der Waals surface area contributed by atoms with Gasteiger partial charge < -0.3 is 5.32 Å². The number of sulfonamides is 1. The fraction of sp³-hybridized carbons (Fsp3) is 0.500. The van der Waals surface area contributed by atoms with Crippen molar-refractivity contribution in [2.24, 2.45) is 11.3 Å². The topological polar surface area (TPSA) is 75.3 Å². The minimum absolute atomic E-state index is 0.113. The maximum Gasteiger partial charge on any atom is 0.261 e. The molecule has 1 aromatic heterocycles. The van der Waals surface area contributed by atoms with Gasteiger partial charge in [-0.3, -0.25) is 9.52 Å². The van der Waals surface area contributed by atoms with E-state index < -0.39 is 10.0 Å². The summed E-state index contributed by atoms with van der Waals surface area (Å²) in [6.07, 6.45) is 4.35. The van der Waals surface area contributed by atoms with Gasteiger partial charge in [-0.1, -0.05) is 39.0 Å². The number of nitrogens with one attached hydrogen (secondary N) is 2. The molecular weight excluding hydrogens is 404 g/mol. The van der Waals surface area contributed by atoms with Crippen molar-refractivity contribution in [1.29, 1.82) is 0 Å². The third-order valence-corrected chi connectivity index (χ3v) is 7.43. The molecule has 0 saturated heterocycles. The zero-order valence-electron chi connectivity index (χ0n) is 17.7. The average molecular weight is 435 g/mol. The molecule has 0 bridgehead atoms. The normalized spacial score (nSPS) is 18.0. The number of carbonyl (C=O) groups excluding carboxylic acids is 1. The Hall–Kier alpha value is -1.86. The van der Waals surface area contributed by atoms with Gasteiger partial charge in [0.2, 0.25) is 10.0 Å². The predicted octanol–water partition coefficient (Wildman–Crippen LogP) is 4.76. The van der Waals surface area contributed by atoms with Gasteiger partial charge in [-0.05, 0) is 60.8 Å². The number of thiophene rings is 1.